The SMILES string of the molecule is CC1CN(C2=NC(=O)/C(=C/c3ccc(-c4ccc(S(N)(=O)=O)cc4)o3)S2)CC(C)O1. The molecular weight excluding hydrogens is 426 g/mol. The third kappa shape index (κ3) is 4.51. The Kier molecular flexibility index (Phi) is 5.58. The first-order valence-electron chi connectivity index (χ1n) is 9.35. The fraction of sp³-hybridized carbons (Fsp3) is 0.300. The number of nitrogens with zero attached hydrogens (tertiary/aromatic N) is 2. The van der Waals surface area contributed by atoms with Crippen molar-refractivity contribution in [3.05, 3.63) is 47.1 Å². The minimum atomic E-state index is -3.74. The van der Waals surface area contributed by atoms with E-state index in [-0.39, 0.29) is 23.0 Å². The zero-order valence-corrected chi connectivity index (χ0v) is 18.1. The summed E-state index contributed by atoms with van der Waals surface area (Å²) >= 11 is 1.33. The molecule has 1 aromatic heterocycles. The molecule has 1 amide bonds. The molecule has 8 nitrogen and oxygen atoms in total. The summed E-state index contributed by atoms with van der Waals surface area (Å²) in [6.07, 6.45) is 1.82. The fourth-order valence-corrected chi connectivity index (χ4v) is 4.82. The van der Waals surface area contributed by atoms with Gasteiger partial charge < -0.3 is 14.1 Å². The van der Waals surface area contributed by atoms with E-state index in [1.165, 1.54) is 23.9 Å². The number of carbonyl (C=O) groups is 1. The van der Waals surface area contributed by atoms with Crippen LogP contribution in [0.15, 0.2) is 55.6 Å². The Hall–Kier alpha value is -2.40. The number of aliphatic imine (C=N–C) groups is 1. The van der Waals surface area contributed by atoms with E-state index in [0.29, 0.717) is 40.2 Å². The maximum atomic E-state index is 12.4. The van der Waals surface area contributed by atoms with E-state index in [4.69, 9.17) is 14.3 Å². The highest BCUT2D eigenvalue weighted by Gasteiger charge is 2.31. The second-order valence-corrected chi connectivity index (χ2v) is 9.81. The maximum absolute atomic E-state index is 12.4. The summed E-state index contributed by atoms with van der Waals surface area (Å²) in [6, 6.07) is 9.59. The molecule has 2 aliphatic heterocycles. The number of nitrogens with two attached hydrogens (primary N) is 1. The zero-order valence-electron chi connectivity index (χ0n) is 16.4. The molecule has 1 fully saturated rings. The van der Waals surface area contributed by atoms with Crippen molar-refractivity contribution < 1.29 is 22.4 Å². The number of rotatable bonds is 3. The molecule has 2 unspecified atom stereocenters. The van der Waals surface area contributed by atoms with E-state index in [1.54, 1.807) is 30.3 Å². The van der Waals surface area contributed by atoms with Crippen LogP contribution in [0.25, 0.3) is 17.4 Å². The first kappa shape index (κ1) is 20.9. The van der Waals surface area contributed by atoms with Crippen LogP contribution in [0.2, 0.25) is 0 Å². The number of primary sulfonamides is 1. The second kappa shape index (κ2) is 8.03. The normalized spacial score (nSPS) is 23.8. The summed E-state index contributed by atoms with van der Waals surface area (Å²) in [6.45, 7) is 5.38. The van der Waals surface area contributed by atoms with Gasteiger partial charge >= 0.3 is 0 Å². The minimum absolute atomic E-state index is 0.0320. The lowest BCUT2D eigenvalue weighted by molar-refractivity contribution is -0.113. The van der Waals surface area contributed by atoms with Gasteiger partial charge in [-0.05, 0) is 62.0 Å². The summed E-state index contributed by atoms with van der Waals surface area (Å²) in [7, 11) is -3.74. The molecule has 2 N–H and O–H groups in total. The molecule has 1 aromatic carbocycles. The van der Waals surface area contributed by atoms with E-state index < -0.39 is 10.0 Å². The Morgan fingerprint density at radius 2 is 1.80 bits per heavy atom. The van der Waals surface area contributed by atoms with Crippen LogP contribution in [0, 0.1) is 0 Å². The van der Waals surface area contributed by atoms with Crippen molar-refractivity contribution in [2.75, 3.05) is 13.1 Å². The third-order valence-corrected chi connectivity index (χ3v) is 6.64. The molecule has 2 atom stereocenters. The number of ether oxygens (including phenoxy) is 1. The van der Waals surface area contributed by atoms with Gasteiger partial charge in [-0.15, -0.1) is 0 Å². The average molecular weight is 448 g/mol. The molecule has 3 heterocycles. The molecule has 0 aliphatic carbocycles. The van der Waals surface area contributed by atoms with E-state index >= 15 is 0 Å². The van der Waals surface area contributed by atoms with E-state index in [9.17, 15) is 13.2 Å². The number of hydrogen-bond donors (Lipinski definition) is 1. The molecule has 4 rings (SSSR count). The standard InChI is InChI=1S/C20H21N3O5S2/c1-12-10-23(11-13(2)27-12)20-22-19(24)18(29-20)9-15-5-8-17(28-15)14-3-6-16(7-4-14)30(21,25)26/h3-9,12-13H,10-11H2,1-2H3,(H2,21,25,26)/b18-9-. The van der Waals surface area contributed by atoms with Gasteiger partial charge in [-0.2, -0.15) is 4.99 Å². The number of morpholine rings is 1. The molecule has 0 bridgehead atoms. The van der Waals surface area contributed by atoms with E-state index in [2.05, 4.69) is 9.89 Å². The van der Waals surface area contributed by atoms with Crippen LogP contribution in [0.4, 0.5) is 0 Å². The molecule has 10 heteroatoms. The number of furan rings is 1. The van der Waals surface area contributed by atoms with Crippen molar-refractivity contribution >= 4 is 38.9 Å². The smallest absolute Gasteiger partial charge is 0.286 e. The first-order chi connectivity index (χ1) is 14.2. The molecule has 158 valence electrons. The van der Waals surface area contributed by atoms with Crippen molar-refractivity contribution in [1.29, 1.82) is 0 Å². The molecule has 0 spiro atoms. The lowest BCUT2D eigenvalue weighted by atomic mass is 10.2. The number of amides is 1. The van der Waals surface area contributed by atoms with Crippen molar-refractivity contribution in [2.24, 2.45) is 10.1 Å². The Bertz CT molecular complexity index is 1130. The topological polar surface area (TPSA) is 115 Å². The van der Waals surface area contributed by atoms with Crippen LogP contribution in [0.3, 0.4) is 0 Å². The number of thioether (sulfide) groups is 1. The van der Waals surface area contributed by atoms with Crippen molar-refractivity contribution in [1.82, 2.24) is 4.90 Å². The van der Waals surface area contributed by atoms with Crippen LogP contribution in [-0.2, 0) is 19.6 Å². The van der Waals surface area contributed by atoms with Crippen LogP contribution >= 0.6 is 11.8 Å². The van der Waals surface area contributed by atoms with Crippen molar-refractivity contribution in [3.8, 4) is 11.3 Å². The summed E-state index contributed by atoms with van der Waals surface area (Å²) in [5, 5.41) is 5.80. The van der Waals surface area contributed by atoms with Gasteiger partial charge in [0.25, 0.3) is 5.91 Å². The second-order valence-electron chi connectivity index (χ2n) is 7.24. The van der Waals surface area contributed by atoms with Crippen molar-refractivity contribution in [2.45, 2.75) is 31.0 Å². The Morgan fingerprint density at radius 1 is 1.13 bits per heavy atom. The van der Waals surface area contributed by atoms with Gasteiger partial charge in [0.05, 0.1) is 22.0 Å². The van der Waals surface area contributed by atoms with Gasteiger partial charge in [0.2, 0.25) is 10.0 Å². The average Bonchev–Trinajstić information content (AvgIpc) is 3.28. The minimum Gasteiger partial charge on any atom is -0.457 e. The fourth-order valence-electron chi connectivity index (χ4n) is 3.39. The number of hydrogen-bond acceptors (Lipinski definition) is 7. The largest absolute Gasteiger partial charge is 0.457 e. The number of carbonyl (C=O) groups excluding carboxylic acids is 1. The van der Waals surface area contributed by atoms with Gasteiger partial charge in [-0.1, -0.05) is 0 Å². The summed E-state index contributed by atoms with van der Waals surface area (Å²) in [5.74, 6) is 0.768. The lowest BCUT2D eigenvalue weighted by Gasteiger charge is -2.35. The predicted octanol–water partition coefficient (Wildman–Crippen LogP) is 2.67. The Labute approximate surface area is 178 Å². The molecule has 2 aromatic rings. The van der Waals surface area contributed by atoms with Gasteiger partial charge in [0, 0.05) is 24.7 Å². The molecule has 0 radical (unpaired) electrons. The highest BCUT2D eigenvalue weighted by Crippen LogP contribution is 2.33. The lowest BCUT2D eigenvalue weighted by Crippen LogP contribution is -2.47. The monoisotopic (exact) mass is 447 g/mol. The van der Waals surface area contributed by atoms with E-state index in [1.807, 2.05) is 13.8 Å². The third-order valence-electron chi connectivity index (χ3n) is 4.67. The highest BCUT2D eigenvalue weighted by atomic mass is 32.2. The van der Waals surface area contributed by atoms with Gasteiger partial charge in [-0.3, -0.25) is 4.79 Å². The summed E-state index contributed by atoms with van der Waals surface area (Å²) in [4.78, 5) is 19.1. The Balaban J connectivity index is 1.49. The Morgan fingerprint density at radius 3 is 2.43 bits per heavy atom. The van der Waals surface area contributed by atoms with Crippen LogP contribution in [-0.4, -0.2) is 49.7 Å². The first-order valence-corrected chi connectivity index (χ1v) is 11.7. The molecule has 0 saturated carbocycles. The zero-order chi connectivity index (χ0) is 21.5. The van der Waals surface area contributed by atoms with Crippen LogP contribution < -0.4 is 5.14 Å². The summed E-state index contributed by atoms with van der Waals surface area (Å²) in [5.41, 5.74) is 0.700. The number of sulfonamides is 1. The quantitative estimate of drug-likeness (QED) is 0.719. The van der Waals surface area contributed by atoms with Gasteiger partial charge in [-0.25, -0.2) is 13.6 Å². The van der Waals surface area contributed by atoms with Crippen molar-refractivity contribution in [3.63, 3.8) is 0 Å². The molecule has 30 heavy (non-hydrogen) atoms. The van der Waals surface area contributed by atoms with E-state index in [0.717, 1.165) is 0 Å². The number of amidine groups is 1. The molecule has 2 aliphatic rings. The summed E-state index contributed by atoms with van der Waals surface area (Å²) < 4.78 is 34.3. The molecular formula is C20H21N3O5S2. The predicted molar refractivity (Wildman–Crippen MR) is 115 cm³/mol. The van der Waals surface area contributed by atoms with Gasteiger partial charge in [0.1, 0.15) is 11.5 Å². The number of benzene rings is 1. The highest BCUT2D eigenvalue weighted by molar-refractivity contribution is 8.18. The molecule has 1 saturated heterocycles. The maximum Gasteiger partial charge on any atom is 0.286 e. The van der Waals surface area contributed by atoms with Crippen LogP contribution in [0.5, 0.6) is 0 Å². The van der Waals surface area contributed by atoms with Gasteiger partial charge in [0.15, 0.2) is 5.17 Å². The van der Waals surface area contributed by atoms with Crippen LogP contribution in [0.1, 0.15) is 19.6 Å².